The van der Waals surface area contributed by atoms with Gasteiger partial charge < -0.3 is 9.47 Å². The molecule has 1 atom stereocenters. The van der Waals surface area contributed by atoms with Gasteiger partial charge in [-0.05, 0) is 50.6 Å². The number of benzene rings is 3. The van der Waals surface area contributed by atoms with Gasteiger partial charge in [0.2, 0.25) is 0 Å². The molecule has 0 N–H and O–H groups in total. The maximum atomic E-state index is 13.2. The first-order valence-corrected chi connectivity index (χ1v) is 10.6. The Morgan fingerprint density at radius 1 is 1.00 bits per heavy atom. The van der Waals surface area contributed by atoms with Gasteiger partial charge in [0.25, 0.3) is 5.91 Å². The maximum Gasteiger partial charge on any atom is 0.257 e. The molecule has 0 bridgehead atoms. The van der Waals surface area contributed by atoms with Crippen LogP contribution >= 0.6 is 11.6 Å². The number of methoxy groups -OCH3 is 1. The zero-order valence-electron chi connectivity index (χ0n) is 18.2. The third-order valence-corrected chi connectivity index (χ3v) is 6.24. The Labute approximate surface area is 188 Å². The Morgan fingerprint density at radius 2 is 1.68 bits per heavy atom. The smallest absolute Gasteiger partial charge is 0.257 e. The van der Waals surface area contributed by atoms with Crippen LogP contribution in [0, 0.1) is 0 Å². The molecule has 1 unspecified atom stereocenters. The van der Waals surface area contributed by atoms with Crippen molar-refractivity contribution in [1.82, 2.24) is 0 Å². The number of alkyl halides is 1. The normalized spacial score (nSPS) is 18.2. The number of rotatable bonds is 6. The second kappa shape index (κ2) is 8.03. The first-order valence-electron chi connectivity index (χ1n) is 10.2. The zero-order valence-corrected chi connectivity index (χ0v) is 18.9. The summed E-state index contributed by atoms with van der Waals surface area (Å²) in [7, 11) is 1.67. The molecule has 1 aliphatic heterocycles. The van der Waals surface area contributed by atoms with E-state index in [0.29, 0.717) is 12.4 Å². The van der Waals surface area contributed by atoms with Crippen LogP contribution in [0.15, 0.2) is 72.8 Å². The van der Waals surface area contributed by atoms with Crippen molar-refractivity contribution in [2.45, 2.75) is 37.9 Å². The molecule has 1 amide bonds. The monoisotopic (exact) mass is 435 g/mol. The van der Waals surface area contributed by atoms with Crippen molar-refractivity contribution < 1.29 is 14.3 Å². The minimum atomic E-state index is -1.10. The second-order valence-electron chi connectivity index (χ2n) is 8.33. The molecule has 1 aliphatic rings. The first-order chi connectivity index (χ1) is 14.8. The van der Waals surface area contributed by atoms with E-state index in [1.807, 2.05) is 86.6 Å². The highest BCUT2D eigenvalue weighted by molar-refractivity contribution is 6.40. The van der Waals surface area contributed by atoms with Crippen LogP contribution in [-0.4, -0.2) is 13.0 Å². The SMILES string of the molecule is COC(C)(C)c1cc(N2C(=O)C(C)(Cl)c3ccccc32)ccc1OCc1ccccc1. The van der Waals surface area contributed by atoms with Crippen LogP contribution in [-0.2, 0) is 26.6 Å². The van der Waals surface area contributed by atoms with Crippen LogP contribution in [0.5, 0.6) is 5.75 Å². The lowest BCUT2D eigenvalue weighted by Gasteiger charge is -2.28. The second-order valence-corrected chi connectivity index (χ2v) is 9.09. The lowest BCUT2D eigenvalue weighted by molar-refractivity contribution is -0.119. The van der Waals surface area contributed by atoms with Gasteiger partial charge in [-0.3, -0.25) is 9.69 Å². The molecule has 5 heteroatoms. The summed E-state index contributed by atoms with van der Waals surface area (Å²) in [5.41, 5.74) is 3.65. The first kappa shape index (κ1) is 21.4. The summed E-state index contributed by atoms with van der Waals surface area (Å²) in [6, 6.07) is 23.4. The molecule has 0 saturated heterocycles. The van der Waals surface area contributed by atoms with Crippen LogP contribution in [0.25, 0.3) is 0 Å². The zero-order chi connectivity index (χ0) is 22.2. The molecular weight excluding hydrogens is 410 g/mol. The number of hydrogen-bond donors (Lipinski definition) is 0. The molecule has 0 aliphatic carbocycles. The molecule has 0 aromatic heterocycles. The number of para-hydroxylation sites is 1. The quantitative estimate of drug-likeness (QED) is 0.428. The predicted octanol–water partition coefficient (Wildman–Crippen LogP) is 6.28. The number of ether oxygens (including phenoxy) is 2. The number of fused-ring (bicyclic) bond motifs is 1. The molecule has 0 saturated carbocycles. The highest BCUT2D eigenvalue weighted by Gasteiger charge is 2.46. The van der Waals surface area contributed by atoms with Gasteiger partial charge in [-0.2, -0.15) is 0 Å². The van der Waals surface area contributed by atoms with Gasteiger partial charge in [-0.1, -0.05) is 48.5 Å². The van der Waals surface area contributed by atoms with E-state index in [-0.39, 0.29) is 5.91 Å². The number of anilines is 2. The summed E-state index contributed by atoms with van der Waals surface area (Å²) in [5.74, 6) is 0.544. The van der Waals surface area contributed by atoms with E-state index in [9.17, 15) is 4.79 Å². The third kappa shape index (κ3) is 3.82. The highest BCUT2D eigenvalue weighted by Crippen LogP contribution is 2.48. The molecule has 1 heterocycles. The molecule has 3 aromatic rings. The number of carbonyl (C=O) groups excluding carboxylic acids is 1. The number of amides is 1. The minimum Gasteiger partial charge on any atom is -0.489 e. The van der Waals surface area contributed by atoms with Gasteiger partial charge in [0.1, 0.15) is 17.2 Å². The summed E-state index contributed by atoms with van der Waals surface area (Å²) in [6.07, 6.45) is 0. The van der Waals surface area contributed by atoms with E-state index in [1.165, 1.54) is 0 Å². The van der Waals surface area contributed by atoms with Gasteiger partial charge in [0.05, 0.1) is 11.3 Å². The van der Waals surface area contributed by atoms with Crippen LogP contribution < -0.4 is 9.64 Å². The topological polar surface area (TPSA) is 38.8 Å². The van der Waals surface area contributed by atoms with E-state index in [1.54, 1.807) is 18.9 Å². The summed E-state index contributed by atoms with van der Waals surface area (Å²) < 4.78 is 11.9. The van der Waals surface area contributed by atoms with Crippen LogP contribution in [0.3, 0.4) is 0 Å². The van der Waals surface area contributed by atoms with E-state index in [2.05, 4.69) is 0 Å². The number of nitrogens with zero attached hydrogens (tertiary/aromatic N) is 1. The molecule has 0 radical (unpaired) electrons. The number of hydrogen-bond acceptors (Lipinski definition) is 3. The Morgan fingerprint density at radius 3 is 2.39 bits per heavy atom. The van der Waals surface area contributed by atoms with Crippen LogP contribution in [0.2, 0.25) is 0 Å². The van der Waals surface area contributed by atoms with E-state index in [0.717, 1.165) is 28.1 Å². The molecular formula is C26H26ClNO3. The van der Waals surface area contributed by atoms with Gasteiger partial charge >= 0.3 is 0 Å². The Balaban J connectivity index is 1.75. The van der Waals surface area contributed by atoms with Crippen LogP contribution in [0.1, 0.15) is 37.5 Å². The van der Waals surface area contributed by atoms with Gasteiger partial charge in [0.15, 0.2) is 0 Å². The molecule has 3 aromatic carbocycles. The highest BCUT2D eigenvalue weighted by atomic mass is 35.5. The lowest BCUT2D eigenvalue weighted by Crippen LogP contribution is -2.31. The summed E-state index contributed by atoms with van der Waals surface area (Å²) in [6.45, 7) is 6.14. The van der Waals surface area contributed by atoms with Crippen LogP contribution in [0.4, 0.5) is 11.4 Å². The molecule has 31 heavy (non-hydrogen) atoms. The van der Waals surface area contributed by atoms with E-state index < -0.39 is 10.5 Å². The van der Waals surface area contributed by atoms with E-state index >= 15 is 0 Å². The third-order valence-electron chi connectivity index (χ3n) is 5.87. The average molecular weight is 436 g/mol. The maximum absolute atomic E-state index is 13.2. The van der Waals surface area contributed by atoms with Crippen molar-refractivity contribution in [1.29, 1.82) is 0 Å². The standard InChI is InChI=1S/C26H26ClNO3/c1-25(2,30-4)21-16-19(14-15-23(21)31-17-18-10-6-5-7-11-18)28-22-13-9-8-12-20(22)26(3,27)24(28)29/h5-16H,17H2,1-4H3. The number of halogens is 1. The fraction of sp³-hybridized carbons (Fsp3) is 0.269. The van der Waals surface area contributed by atoms with Crippen molar-refractivity contribution in [2.75, 3.05) is 12.0 Å². The molecule has 4 rings (SSSR count). The summed E-state index contributed by atoms with van der Waals surface area (Å²) in [4.78, 5) is 13.8. The summed E-state index contributed by atoms with van der Waals surface area (Å²) >= 11 is 6.66. The summed E-state index contributed by atoms with van der Waals surface area (Å²) in [5, 5.41) is 0. The fourth-order valence-corrected chi connectivity index (χ4v) is 4.10. The number of carbonyl (C=O) groups is 1. The largest absolute Gasteiger partial charge is 0.489 e. The average Bonchev–Trinajstić information content (AvgIpc) is 2.99. The molecule has 0 spiro atoms. The van der Waals surface area contributed by atoms with Gasteiger partial charge in [0, 0.05) is 23.9 Å². The molecule has 0 fully saturated rings. The predicted molar refractivity (Wildman–Crippen MR) is 124 cm³/mol. The fourth-order valence-electron chi connectivity index (χ4n) is 3.86. The van der Waals surface area contributed by atoms with Crippen molar-refractivity contribution in [2.24, 2.45) is 0 Å². The van der Waals surface area contributed by atoms with Gasteiger partial charge in [-0.15, -0.1) is 11.6 Å². The van der Waals surface area contributed by atoms with Crippen molar-refractivity contribution in [3.8, 4) is 5.75 Å². The molecule has 160 valence electrons. The van der Waals surface area contributed by atoms with Gasteiger partial charge in [-0.25, -0.2) is 0 Å². The van der Waals surface area contributed by atoms with Crippen molar-refractivity contribution >= 4 is 28.9 Å². The lowest BCUT2D eigenvalue weighted by atomic mass is 9.96. The van der Waals surface area contributed by atoms with Crippen molar-refractivity contribution in [3.63, 3.8) is 0 Å². The minimum absolute atomic E-state index is 0.172. The Kier molecular flexibility index (Phi) is 5.54. The van der Waals surface area contributed by atoms with Crippen molar-refractivity contribution in [3.05, 3.63) is 89.5 Å². The Bertz CT molecular complexity index is 1110. The molecule has 4 nitrogen and oxygen atoms in total. The van der Waals surface area contributed by atoms with E-state index in [4.69, 9.17) is 21.1 Å². The Hall–Kier alpha value is -2.82.